The largest absolute Gasteiger partial charge is 0.508 e. The molecule has 0 unspecified atom stereocenters. The molecule has 7 nitrogen and oxygen atoms in total. The van der Waals surface area contributed by atoms with Crippen molar-refractivity contribution in [1.82, 2.24) is 10.4 Å². The van der Waals surface area contributed by atoms with Gasteiger partial charge in [0.2, 0.25) is 5.96 Å². The van der Waals surface area contributed by atoms with E-state index in [0.717, 1.165) is 52.7 Å². The molecule has 0 saturated heterocycles. The lowest BCUT2D eigenvalue weighted by atomic mass is 10.1. The Hall–Kier alpha value is -4.00. The second-order valence-electron chi connectivity index (χ2n) is 7.24. The number of aliphatic hydroxyl groups excluding tert-OH is 1. The van der Waals surface area contributed by atoms with Crippen LogP contribution in [0, 0.1) is 0 Å². The molecule has 0 bridgehead atoms. The third-order valence-corrected chi connectivity index (χ3v) is 4.84. The number of aliphatic hydroxyl groups is 1. The summed E-state index contributed by atoms with van der Waals surface area (Å²) in [6.45, 7) is 9.95. The molecule has 0 atom stereocenters. The van der Waals surface area contributed by atoms with Crippen LogP contribution in [0.4, 0.5) is 0 Å². The highest BCUT2D eigenvalue weighted by molar-refractivity contribution is 5.99. The average molecular weight is 448 g/mol. The molecule has 3 aromatic rings. The number of nitrogens with two attached hydrogens (primary N) is 1. The molecular formula is C26H33N5O2. The average Bonchev–Trinajstić information content (AvgIpc) is 3.24. The number of H-pyrrole nitrogens is 1. The summed E-state index contributed by atoms with van der Waals surface area (Å²) in [5.41, 5.74) is 12.1. The summed E-state index contributed by atoms with van der Waals surface area (Å²) in [7, 11) is 1.65. The van der Waals surface area contributed by atoms with Gasteiger partial charge in [0.05, 0.1) is 13.3 Å². The van der Waals surface area contributed by atoms with Crippen molar-refractivity contribution in [2.24, 2.45) is 15.8 Å². The molecule has 0 radical (unpaired) electrons. The highest BCUT2D eigenvalue weighted by atomic mass is 16.5. The van der Waals surface area contributed by atoms with Gasteiger partial charge in [-0.3, -0.25) is 4.99 Å². The van der Waals surface area contributed by atoms with Crippen molar-refractivity contribution in [2.45, 2.75) is 26.2 Å². The zero-order valence-corrected chi connectivity index (χ0v) is 19.3. The van der Waals surface area contributed by atoms with Crippen molar-refractivity contribution >= 4 is 34.9 Å². The van der Waals surface area contributed by atoms with Crippen LogP contribution in [0.3, 0.4) is 0 Å². The number of aliphatic imine (C=N–C) groups is 1. The van der Waals surface area contributed by atoms with E-state index in [1.165, 1.54) is 6.42 Å². The highest BCUT2D eigenvalue weighted by Crippen LogP contribution is 2.22. The van der Waals surface area contributed by atoms with Gasteiger partial charge >= 0.3 is 0 Å². The van der Waals surface area contributed by atoms with Gasteiger partial charge in [-0.2, -0.15) is 5.10 Å². The van der Waals surface area contributed by atoms with E-state index in [9.17, 15) is 0 Å². The SMILES string of the molecule is C=Cc1ccccc1C(=C)O.CCCCCN=C(N)N/N=C/c1c[nH]c2ccc(OC)cc12. The van der Waals surface area contributed by atoms with Crippen LogP contribution in [0.25, 0.3) is 22.7 Å². The van der Waals surface area contributed by atoms with Crippen LogP contribution in [-0.4, -0.2) is 35.9 Å². The maximum Gasteiger partial charge on any atom is 0.209 e. The van der Waals surface area contributed by atoms with E-state index in [0.29, 0.717) is 5.96 Å². The van der Waals surface area contributed by atoms with Gasteiger partial charge in [0.15, 0.2) is 0 Å². The van der Waals surface area contributed by atoms with E-state index in [-0.39, 0.29) is 5.76 Å². The third kappa shape index (κ3) is 7.88. The Morgan fingerprint density at radius 2 is 2.00 bits per heavy atom. The number of benzene rings is 2. The molecular weight excluding hydrogens is 414 g/mol. The first kappa shape index (κ1) is 25.3. The predicted octanol–water partition coefficient (Wildman–Crippen LogP) is 5.46. The molecule has 0 spiro atoms. The Morgan fingerprint density at radius 1 is 1.21 bits per heavy atom. The first-order chi connectivity index (χ1) is 16.0. The molecule has 0 amide bonds. The van der Waals surface area contributed by atoms with Crippen molar-refractivity contribution in [3.05, 3.63) is 78.5 Å². The number of hydrazone groups is 1. The minimum absolute atomic E-state index is 0.0838. The Labute approximate surface area is 195 Å². The molecule has 1 heterocycles. The molecule has 5 N–H and O–H groups in total. The molecule has 0 fully saturated rings. The standard InChI is InChI=1S/C16H23N5O.C10H10O/c1-3-4-5-8-18-16(17)21-20-11-12-10-19-15-7-6-13(22-2)9-14(12)15;1-3-9-6-4-5-7-10(9)8(2)11/h6-7,9-11,19H,3-5,8H2,1-2H3,(H3,17,18,21);3-7,11H,1-2H2/b20-11+;. The van der Waals surface area contributed by atoms with E-state index in [2.05, 4.69) is 40.6 Å². The number of unbranched alkanes of at least 4 members (excludes halogenated alkanes) is 2. The van der Waals surface area contributed by atoms with E-state index in [1.54, 1.807) is 25.5 Å². The Balaban J connectivity index is 0.000000294. The zero-order valence-electron chi connectivity index (χ0n) is 19.3. The number of aromatic amines is 1. The van der Waals surface area contributed by atoms with Crippen molar-refractivity contribution in [3.8, 4) is 5.75 Å². The number of nitrogens with one attached hydrogen (secondary N) is 2. The molecule has 2 aromatic carbocycles. The number of methoxy groups -OCH3 is 1. The smallest absolute Gasteiger partial charge is 0.209 e. The third-order valence-electron chi connectivity index (χ3n) is 4.84. The minimum atomic E-state index is 0.0838. The molecule has 7 heteroatoms. The second kappa shape index (κ2) is 13.4. The molecule has 0 aliphatic rings. The zero-order chi connectivity index (χ0) is 24.1. The van der Waals surface area contributed by atoms with Gasteiger partial charge in [-0.05, 0) is 30.2 Å². The molecule has 174 valence electrons. The molecule has 0 aliphatic heterocycles. The van der Waals surface area contributed by atoms with E-state index >= 15 is 0 Å². The first-order valence-electron chi connectivity index (χ1n) is 10.8. The molecule has 3 rings (SSSR count). The fourth-order valence-corrected chi connectivity index (χ4v) is 3.06. The summed E-state index contributed by atoms with van der Waals surface area (Å²) in [4.78, 5) is 7.40. The lowest BCUT2D eigenvalue weighted by Crippen LogP contribution is -2.27. The Morgan fingerprint density at radius 3 is 2.67 bits per heavy atom. The maximum absolute atomic E-state index is 9.09. The predicted molar refractivity (Wildman–Crippen MR) is 140 cm³/mol. The number of hydrogen-bond donors (Lipinski definition) is 4. The highest BCUT2D eigenvalue weighted by Gasteiger charge is 2.03. The quantitative estimate of drug-likeness (QED) is 0.115. The summed E-state index contributed by atoms with van der Waals surface area (Å²) < 4.78 is 5.24. The van der Waals surface area contributed by atoms with Crippen LogP contribution < -0.4 is 15.9 Å². The van der Waals surface area contributed by atoms with Gasteiger partial charge in [0.1, 0.15) is 11.5 Å². The van der Waals surface area contributed by atoms with Crippen LogP contribution in [-0.2, 0) is 0 Å². The topological polar surface area (TPSA) is 108 Å². The fourth-order valence-electron chi connectivity index (χ4n) is 3.06. The van der Waals surface area contributed by atoms with Gasteiger partial charge in [-0.25, -0.2) is 5.43 Å². The number of guanidine groups is 1. The Bertz CT molecular complexity index is 1110. The van der Waals surface area contributed by atoms with Crippen molar-refractivity contribution in [2.75, 3.05) is 13.7 Å². The summed E-state index contributed by atoms with van der Waals surface area (Å²) in [6, 6.07) is 13.3. The van der Waals surface area contributed by atoms with Gasteiger partial charge < -0.3 is 20.6 Å². The lowest BCUT2D eigenvalue weighted by molar-refractivity contribution is 0.415. The maximum atomic E-state index is 9.09. The molecule has 1 aromatic heterocycles. The van der Waals surface area contributed by atoms with Crippen LogP contribution >= 0.6 is 0 Å². The summed E-state index contributed by atoms with van der Waals surface area (Å²) >= 11 is 0. The van der Waals surface area contributed by atoms with Crippen molar-refractivity contribution in [3.63, 3.8) is 0 Å². The van der Waals surface area contributed by atoms with Crippen LogP contribution in [0.2, 0.25) is 0 Å². The normalized spacial score (nSPS) is 11.2. The molecule has 0 saturated carbocycles. The first-order valence-corrected chi connectivity index (χ1v) is 10.8. The monoisotopic (exact) mass is 447 g/mol. The summed E-state index contributed by atoms with van der Waals surface area (Å²) in [6.07, 6.45) is 8.68. The van der Waals surface area contributed by atoms with Crippen LogP contribution in [0.15, 0.2) is 71.9 Å². The van der Waals surface area contributed by atoms with Crippen molar-refractivity contribution < 1.29 is 9.84 Å². The number of ether oxygens (including phenoxy) is 1. The van der Waals surface area contributed by atoms with Crippen LogP contribution in [0.5, 0.6) is 5.75 Å². The molecule has 33 heavy (non-hydrogen) atoms. The van der Waals surface area contributed by atoms with Gasteiger partial charge in [0.25, 0.3) is 0 Å². The number of aromatic nitrogens is 1. The summed E-state index contributed by atoms with van der Waals surface area (Å²) in [5, 5.41) is 14.3. The van der Waals surface area contributed by atoms with Gasteiger partial charge in [-0.15, -0.1) is 0 Å². The van der Waals surface area contributed by atoms with E-state index in [4.69, 9.17) is 15.6 Å². The fraction of sp³-hybridized carbons (Fsp3) is 0.231. The summed E-state index contributed by atoms with van der Waals surface area (Å²) in [5.74, 6) is 1.23. The van der Waals surface area contributed by atoms with Crippen LogP contribution in [0.1, 0.15) is 42.9 Å². The van der Waals surface area contributed by atoms with Gasteiger partial charge in [-0.1, -0.05) is 63.3 Å². The van der Waals surface area contributed by atoms with Crippen molar-refractivity contribution in [1.29, 1.82) is 0 Å². The van der Waals surface area contributed by atoms with E-state index < -0.39 is 0 Å². The van der Waals surface area contributed by atoms with Gasteiger partial charge in [0, 0.05) is 34.8 Å². The number of nitrogens with zero attached hydrogens (tertiary/aromatic N) is 2. The van der Waals surface area contributed by atoms with E-state index in [1.807, 2.05) is 42.6 Å². The minimum Gasteiger partial charge on any atom is -0.508 e. The molecule has 0 aliphatic carbocycles. The number of hydrogen-bond acceptors (Lipinski definition) is 4. The second-order valence-corrected chi connectivity index (χ2v) is 7.24. The Kier molecular flexibility index (Phi) is 10.3. The lowest BCUT2D eigenvalue weighted by Gasteiger charge is -2.01. The number of rotatable bonds is 9. The number of fused-ring (bicyclic) bond motifs is 1.